The first-order valence-corrected chi connectivity index (χ1v) is 11.4. The molecule has 0 radical (unpaired) electrons. The molecule has 3 heterocycles. The predicted molar refractivity (Wildman–Crippen MR) is 122 cm³/mol. The van der Waals surface area contributed by atoms with Gasteiger partial charge in [0, 0.05) is 43.7 Å². The topological polar surface area (TPSA) is 120 Å². The van der Waals surface area contributed by atoms with Gasteiger partial charge in [-0.15, -0.1) is 0 Å². The Balaban J connectivity index is 0.000000245. The van der Waals surface area contributed by atoms with Gasteiger partial charge in [0.25, 0.3) is 0 Å². The van der Waals surface area contributed by atoms with Gasteiger partial charge in [-0.3, -0.25) is 0 Å². The molecule has 8 nitrogen and oxygen atoms in total. The Bertz CT molecular complexity index is 851. The first-order chi connectivity index (χ1) is 14.6. The molecule has 0 bridgehead atoms. The third-order valence-electron chi connectivity index (χ3n) is 5.00. The first-order valence-electron chi connectivity index (χ1n) is 10.6. The van der Waals surface area contributed by atoms with E-state index in [9.17, 15) is 4.79 Å². The molecule has 164 valence electrons. The number of anilines is 1. The van der Waals surface area contributed by atoms with Gasteiger partial charge in [0.05, 0.1) is 10.7 Å². The Morgan fingerprint density at radius 3 is 2.57 bits per heavy atom. The SMILES string of the molecule is CC.N#Cc1cc2c(Br)c(NC3CCCCC3)ncc2o1.NC(=O)N1CCNCC1. The summed E-state index contributed by atoms with van der Waals surface area (Å²) in [6.07, 6.45) is 7.96. The van der Waals surface area contributed by atoms with E-state index < -0.39 is 0 Å². The van der Waals surface area contributed by atoms with Crippen molar-refractivity contribution in [1.29, 1.82) is 5.26 Å². The van der Waals surface area contributed by atoms with Crippen molar-refractivity contribution in [3.05, 3.63) is 22.5 Å². The fourth-order valence-corrected chi connectivity index (χ4v) is 3.99. The van der Waals surface area contributed by atoms with E-state index >= 15 is 0 Å². The van der Waals surface area contributed by atoms with Gasteiger partial charge in [0.2, 0.25) is 5.76 Å². The highest BCUT2D eigenvalue weighted by molar-refractivity contribution is 9.10. The average Bonchev–Trinajstić information content (AvgIpc) is 3.23. The molecule has 2 fully saturated rings. The van der Waals surface area contributed by atoms with Crippen LogP contribution in [0.1, 0.15) is 51.7 Å². The number of aromatic nitrogens is 1. The maximum absolute atomic E-state index is 10.5. The lowest BCUT2D eigenvalue weighted by Crippen LogP contribution is -2.48. The van der Waals surface area contributed by atoms with Crippen molar-refractivity contribution in [2.75, 3.05) is 31.5 Å². The predicted octanol–water partition coefficient (Wildman–Crippen LogP) is 4.20. The minimum atomic E-state index is -0.309. The van der Waals surface area contributed by atoms with Crippen molar-refractivity contribution >= 4 is 38.7 Å². The van der Waals surface area contributed by atoms with E-state index in [4.69, 9.17) is 15.4 Å². The molecule has 1 aliphatic heterocycles. The lowest BCUT2D eigenvalue weighted by atomic mass is 9.95. The molecular weight excluding hydrogens is 448 g/mol. The maximum Gasteiger partial charge on any atom is 0.314 e. The summed E-state index contributed by atoms with van der Waals surface area (Å²) in [5.41, 5.74) is 5.66. The molecular formula is C21H31BrN6O2. The Kier molecular flexibility index (Phi) is 9.91. The van der Waals surface area contributed by atoms with Crippen LogP contribution in [0.2, 0.25) is 0 Å². The minimum Gasteiger partial charge on any atom is -0.444 e. The number of nitrogens with two attached hydrogens (primary N) is 1. The van der Waals surface area contributed by atoms with Crippen molar-refractivity contribution < 1.29 is 9.21 Å². The zero-order valence-electron chi connectivity index (χ0n) is 17.7. The summed E-state index contributed by atoms with van der Waals surface area (Å²) < 4.78 is 6.24. The van der Waals surface area contributed by atoms with Crippen molar-refractivity contribution in [2.45, 2.75) is 52.0 Å². The Morgan fingerprint density at radius 1 is 1.33 bits per heavy atom. The Morgan fingerprint density at radius 2 is 2.00 bits per heavy atom. The van der Waals surface area contributed by atoms with Crippen molar-refractivity contribution in [3.8, 4) is 6.07 Å². The van der Waals surface area contributed by atoms with Crippen molar-refractivity contribution in [2.24, 2.45) is 5.73 Å². The number of hydrogen-bond acceptors (Lipinski definition) is 6. The van der Waals surface area contributed by atoms with Crippen LogP contribution in [0.4, 0.5) is 10.6 Å². The molecule has 0 aromatic carbocycles. The summed E-state index contributed by atoms with van der Waals surface area (Å²) >= 11 is 3.56. The molecule has 9 heteroatoms. The summed E-state index contributed by atoms with van der Waals surface area (Å²) in [6.45, 7) is 7.22. The number of rotatable bonds is 2. The number of urea groups is 1. The highest BCUT2D eigenvalue weighted by atomic mass is 79.9. The molecule has 2 aromatic heterocycles. The van der Waals surface area contributed by atoms with Crippen molar-refractivity contribution in [1.82, 2.24) is 15.2 Å². The number of nitrogens with one attached hydrogen (secondary N) is 2. The van der Waals surface area contributed by atoms with E-state index in [1.807, 2.05) is 19.9 Å². The van der Waals surface area contributed by atoms with Crippen LogP contribution in [0.5, 0.6) is 0 Å². The van der Waals surface area contributed by atoms with Gasteiger partial charge in [-0.1, -0.05) is 33.1 Å². The van der Waals surface area contributed by atoms with E-state index in [1.54, 1.807) is 17.2 Å². The second-order valence-electron chi connectivity index (χ2n) is 6.98. The molecule has 2 aliphatic rings. The molecule has 4 rings (SSSR count). The zero-order chi connectivity index (χ0) is 21.9. The quantitative estimate of drug-likeness (QED) is 0.594. The zero-order valence-corrected chi connectivity index (χ0v) is 19.3. The van der Waals surface area contributed by atoms with Gasteiger partial charge in [0.15, 0.2) is 5.58 Å². The lowest BCUT2D eigenvalue weighted by molar-refractivity contribution is 0.200. The molecule has 4 N–H and O–H groups in total. The number of nitriles is 1. The van der Waals surface area contributed by atoms with Crippen LogP contribution >= 0.6 is 15.9 Å². The molecule has 1 saturated carbocycles. The van der Waals surface area contributed by atoms with E-state index in [0.29, 0.717) is 17.4 Å². The smallest absolute Gasteiger partial charge is 0.314 e. The molecule has 0 unspecified atom stereocenters. The van der Waals surface area contributed by atoms with Crippen LogP contribution in [-0.4, -0.2) is 48.1 Å². The van der Waals surface area contributed by atoms with Gasteiger partial charge in [-0.2, -0.15) is 5.26 Å². The summed E-state index contributed by atoms with van der Waals surface area (Å²) in [5.74, 6) is 1.15. The van der Waals surface area contributed by atoms with E-state index in [2.05, 4.69) is 31.5 Å². The van der Waals surface area contributed by atoms with Gasteiger partial charge < -0.3 is 25.7 Å². The van der Waals surface area contributed by atoms with E-state index in [0.717, 1.165) is 41.9 Å². The summed E-state index contributed by atoms with van der Waals surface area (Å²) in [5, 5.41) is 16.4. The third kappa shape index (κ3) is 6.61. The molecule has 0 spiro atoms. The standard InChI is InChI=1S/C14H14BrN3O.C5H11N3O.C2H6/c15-13-11-6-10(7-16)19-12(11)8-17-14(13)18-9-4-2-1-3-5-9;6-5(9)8-3-1-7-2-4-8;1-2/h6,8-9H,1-5H2,(H,17,18);7H,1-4H2,(H2,6,9);1-2H3. The number of halogens is 1. The number of carbonyl (C=O) groups excluding carboxylic acids is 1. The molecule has 30 heavy (non-hydrogen) atoms. The van der Waals surface area contributed by atoms with Crippen LogP contribution in [0.25, 0.3) is 11.0 Å². The number of nitrogens with zero attached hydrogens (tertiary/aromatic N) is 3. The molecule has 2 amide bonds. The van der Waals surface area contributed by atoms with Crippen molar-refractivity contribution in [3.63, 3.8) is 0 Å². The molecule has 2 aromatic rings. The summed E-state index contributed by atoms with van der Waals surface area (Å²) in [7, 11) is 0. The second kappa shape index (κ2) is 12.4. The summed E-state index contributed by atoms with van der Waals surface area (Å²) in [6, 6.07) is 3.94. The van der Waals surface area contributed by atoms with Gasteiger partial charge in [-0.05, 0) is 28.8 Å². The Labute approximate surface area is 186 Å². The van der Waals surface area contributed by atoms with Crippen LogP contribution in [0.3, 0.4) is 0 Å². The fourth-order valence-electron chi connectivity index (χ4n) is 3.46. The van der Waals surface area contributed by atoms with Crippen LogP contribution in [0, 0.1) is 11.3 Å². The highest BCUT2D eigenvalue weighted by Crippen LogP contribution is 2.33. The van der Waals surface area contributed by atoms with Crippen LogP contribution < -0.4 is 16.4 Å². The number of pyridine rings is 1. The number of amides is 2. The second-order valence-corrected chi connectivity index (χ2v) is 7.77. The highest BCUT2D eigenvalue weighted by Gasteiger charge is 2.17. The fraction of sp³-hybridized carbons (Fsp3) is 0.571. The van der Waals surface area contributed by atoms with Gasteiger partial charge in [-0.25, -0.2) is 9.78 Å². The number of hydrogen-bond donors (Lipinski definition) is 3. The normalized spacial score (nSPS) is 16.5. The Hall–Kier alpha value is -2.31. The number of primary amides is 1. The molecule has 1 aliphatic carbocycles. The number of furan rings is 1. The monoisotopic (exact) mass is 478 g/mol. The number of fused-ring (bicyclic) bond motifs is 1. The molecule has 1 saturated heterocycles. The number of carbonyl (C=O) groups is 1. The van der Waals surface area contributed by atoms with Gasteiger partial charge >= 0.3 is 6.03 Å². The average molecular weight is 479 g/mol. The lowest BCUT2D eigenvalue weighted by Gasteiger charge is -2.25. The summed E-state index contributed by atoms with van der Waals surface area (Å²) in [4.78, 5) is 16.5. The first kappa shape index (κ1) is 24.0. The minimum absolute atomic E-state index is 0.309. The van der Waals surface area contributed by atoms with Gasteiger partial charge in [0.1, 0.15) is 11.9 Å². The third-order valence-corrected chi connectivity index (χ3v) is 5.80. The maximum atomic E-state index is 10.5. The van der Waals surface area contributed by atoms with E-state index in [1.165, 1.54) is 32.1 Å². The molecule has 0 atom stereocenters. The number of piperazine rings is 1. The van der Waals surface area contributed by atoms with E-state index in [-0.39, 0.29) is 6.03 Å². The largest absolute Gasteiger partial charge is 0.444 e. The van der Waals surface area contributed by atoms with Crippen LogP contribution in [-0.2, 0) is 0 Å². The van der Waals surface area contributed by atoms with Crippen LogP contribution in [0.15, 0.2) is 21.2 Å².